The van der Waals surface area contributed by atoms with E-state index in [9.17, 15) is 4.79 Å². The van der Waals surface area contributed by atoms with Crippen molar-refractivity contribution in [2.24, 2.45) is 0 Å². The second-order valence-electron chi connectivity index (χ2n) is 4.53. The summed E-state index contributed by atoms with van der Waals surface area (Å²) in [5.41, 5.74) is 2.96. The Kier molecular flexibility index (Phi) is 3.25. The van der Waals surface area contributed by atoms with Crippen LogP contribution in [0.4, 0.5) is 5.69 Å². The Bertz CT molecular complexity index is 543. The van der Waals surface area contributed by atoms with Crippen molar-refractivity contribution in [2.45, 2.75) is 11.7 Å². The molecule has 3 rings (SSSR count). The summed E-state index contributed by atoms with van der Waals surface area (Å²) in [6.45, 7) is 4.67. The molecule has 6 heteroatoms. The van der Waals surface area contributed by atoms with E-state index in [-0.39, 0.29) is 11.2 Å². The van der Waals surface area contributed by atoms with E-state index in [1.54, 1.807) is 24.2 Å². The highest BCUT2D eigenvalue weighted by molar-refractivity contribution is 8.01. The average Bonchev–Trinajstić information content (AvgIpc) is 2.89. The summed E-state index contributed by atoms with van der Waals surface area (Å²) in [5.74, 6) is 0.826. The standard InChI is InChI=1S/C13H14N4OS/c1-9-8-19-12(13(18)16-9)10-3-5-17(7-10)11-2-4-14-15-6-11/h2,4,6-7,12H,1,3,5,8H2,(H,16,18). The molecule has 1 aromatic rings. The molecule has 0 radical (unpaired) electrons. The predicted octanol–water partition coefficient (Wildman–Crippen LogP) is 1.32. The number of rotatable bonds is 2. The molecule has 5 nitrogen and oxygen atoms in total. The molecule has 3 heterocycles. The summed E-state index contributed by atoms with van der Waals surface area (Å²) in [5, 5.41) is 10.4. The van der Waals surface area contributed by atoms with Gasteiger partial charge < -0.3 is 10.2 Å². The Hall–Kier alpha value is -1.82. The number of nitrogens with one attached hydrogen (secondary N) is 1. The number of thioether (sulfide) groups is 1. The SMILES string of the molecule is C=C1CSC(C2=CN(c3ccnnc3)CC2)C(=O)N1. The highest BCUT2D eigenvalue weighted by Crippen LogP contribution is 2.32. The molecule has 1 N–H and O–H groups in total. The van der Waals surface area contributed by atoms with E-state index in [0.717, 1.165) is 35.7 Å². The lowest BCUT2D eigenvalue weighted by Crippen LogP contribution is -2.38. The van der Waals surface area contributed by atoms with Crippen LogP contribution in [-0.2, 0) is 4.79 Å². The van der Waals surface area contributed by atoms with E-state index in [4.69, 9.17) is 0 Å². The van der Waals surface area contributed by atoms with Crippen molar-refractivity contribution in [1.29, 1.82) is 0 Å². The van der Waals surface area contributed by atoms with E-state index in [2.05, 4.69) is 33.2 Å². The number of carbonyl (C=O) groups excluding carboxylic acids is 1. The minimum Gasteiger partial charge on any atom is -0.346 e. The summed E-state index contributed by atoms with van der Waals surface area (Å²) in [6.07, 6.45) is 6.37. The molecule has 98 valence electrons. The maximum absolute atomic E-state index is 12.0. The monoisotopic (exact) mass is 274 g/mol. The molecule has 1 aromatic heterocycles. The molecule has 1 saturated heterocycles. The fourth-order valence-electron chi connectivity index (χ4n) is 2.25. The maximum Gasteiger partial charge on any atom is 0.241 e. The Labute approximate surface area is 115 Å². The second kappa shape index (κ2) is 5.05. The average molecular weight is 274 g/mol. The molecule has 1 fully saturated rings. The zero-order chi connectivity index (χ0) is 13.2. The van der Waals surface area contributed by atoms with Crippen LogP contribution in [0.15, 0.2) is 42.5 Å². The van der Waals surface area contributed by atoms with Crippen LogP contribution in [-0.4, -0.2) is 33.7 Å². The van der Waals surface area contributed by atoms with Gasteiger partial charge in [0.15, 0.2) is 0 Å². The number of anilines is 1. The summed E-state index contributed by atoms with van der Waals surface area (Å²) >= 11 is 1.64. The van der Waals surface area contributed by atoms with Crippen LogP contribution in [0.3, 0.4) is 0 Å². The number of hydrogen-bond donors (Lipinski definition) is 1. The van der Waals surface area contributed by atoms with Gasteiger partial charge >= 0.3 is 0 Å². The first kappa shape index (κ1) is 12.2. The Morgan fingerprint density at radius 2 is 2.37 bits per heavy atom. The van der Waals surface area contributed by atoms with E-state index in [1.165, 1.54) is 0 Å². The highest BCUT2D eigenvalue weighted by atomic mass is 32.2. The van der Waals surface area contributed by atoms with Crippen LogP contribution < -0.4 is 10.2 Å². The molecule has 0 saturated carbocycles. The van der Waals surface area contributed by atoms with Crippen molar-refractivity contribution in [3.8, 4) is 0 Å². The van der Waals surface area contributed by atoms with Gasteiger partial charge in [0.1, 0.15) is 5.25 Å². The highest BCUT2D eigenvalue weighted by Gasteiger charge is 2.30. The second-order valence-corrected chi connectivity index (χ2v) is 5.63. The smallest absolute Gasteiger partial charge is 0.241 e. The summed E-state index contributed by atoms with van der Waals surface area (Å²) in [7, 11) is 0. The normalized spacial score (nSPS) is 23.3. The van der Waals surface area contributed by atoms with Crippen LogP contribution in [0.1, 0.15) is 6.42 Å². The molecule has 2 aliphatic heterocycles. The van der Waals surface area contributed by atoms with E-state index >= 15 is 0 Å². The van der Waals surface area contributed by atoms with Crippen LogP contribution >= 0.6 is 11.8 Å². The van der Waals surface area contributed by atoms with Gasteiger partial charge in [-0.15, -0.1) is 11.8 Å². The minimum absolute atomic E-state index is 0.0437. The van der Waals surface area contributed by atoms with Gasteiger partial charge in [0.05, 0.1) is 18.1 Å². The van der Waals surface area contributed by atoms with Crippen LogP contribution in [0.2, 0.25) is 0 Å². The van der Waals surface area contributed by atoms with Gasteiger partial charge in [0, 0.05) is 24.2 Å². The third-order valence-corrected chi connectivity index (χ3v) is 4.53. The van der Waals surface area contributed by atoms with Gasteiger partial charge in [0.25, 0.3) is 0 Å². The Morgan fingerprint density at radius 3 is 3.11 bits per heavy atom. The molecule has 0 aliphatic carbocycles. The molecule has 2 aliphatic rings. The van der Waals surface area contributed by atoms with Crippen molar-refractivity contribution >= 4 is 23.4 Å². The lowest BCUT2D eigenvalue weighted by molar-refractivity contribution is -0.119. The van der Waals surface area contributed by atoms with Gasteiger partial charge in [-0.1, -0.05) is 6.58 Å². The molecule has 0 spiro atoms. The molecule has 19 heavy (non-hydrogen) atoms. The van der Waals surface area contributed by atoms with E-state index < -0.39 is 0 Å². The van der Waals surface area contributed by atoms with Crippen molar-refractivity contribution in [3.63, 3.8) is 0 Å². The van der Waals surface area contributed by atoms with E-state index in [1.807, 2.05) is 6.07 Å². The summed E-state index contributed by atoms with van der Waals surface area (Å²) in [6, 6.07) is 1.92. The van der Waals surface area contributed by atoms with Crippen molar-refractivity contribution in [1.82, 2.24) is 15.5 Å². The topological polar surface area (TPSA) is 58.1 Å². The molecular weight excluding hydrogens is 260 g/mol. The van der Waals surface area contributed by atoms with E-state index in [0.29, 0.717) is 0 Å². The summed E-state index contributed by atoms with van der Waals surface area (Å²) < 4.78 is 0. The molecule has 0 bridgehead atoms. The number of carbonyl (C=O) groups is 1. The lowest BCUT2D eigenvalue weighted by Gasteiger charge is -2.23. The first-order valence-corrected chi connectivity index (χ1v) is 7.13. The third-order valence-electron chi connectivity index (χ3n) is 3.16. The van der Waals surface area contributed by atoms with Gasteiger partial charge in [-0.3, -0.25) is 4.79 Å². The third kappa shape index (κ3) is 2.49. The minimum atomic E-state index is -0.0923. The number of amides is 1. The molecule has 1 unspecified atom stereocenters. The van der Waals surface area contributed by atoms with Gasteiger partial charge in [0.2, 0.25) is 5.91 Å². The molecular formula is C13H14N4OS. The van der Waals surface area contributed by atoms with Crippen molar-refractivity contribution < 1.29 is 4.79 Å². The zero-order valence-electron chi connectivity index (χ0n) is 10.4. The number of hydrogen-bond acceptors (Lipinski definition) is 5. The van der Waals surface area contributed by atoms with Gasteiger partial charge in [-0.05, 0) is 18.1 Å². The van der Waals surface area contributed by atoms with Gasteiger partial charge in [-0.2, -0.15) is 10.2 Å². The van der Waals surface area contributed by atoms with Crippen LogP contribution in [0.25, 0.3) is 0 Å². The number of aromatic nitrogens is 2. The fraction of sp³-hybridized carbons (Fsp3) is 0.308. The van der Waals surface area contributed by atoms with Crippen molar-refractivity contribution in [2.75, 3.05) is 17.2 Å². The molecule has 0 aromatic carbocycles. The van der Waals surface area contributed by atoms with Gasteiger partial charge in [-0.25, -0.2) is 0 Å². The largest absolute Gasteiger partial charge is 0.346 e. The van der Waals surface area contributed by atoms with Crippen LogP contribution in [0, 0.1) is 0 Å². The zero-order valence-corrected chi connectivity index (χ0v) is 11.2. The quantitative estimate of drug-likeness (QED) is 0.881. The van der Waals surface area contributed by atoms with Crippen molar-refractivity contribution in [3.05, 3.63) is 42.5 Å². The molecule has 1 atom stereocenters. The Morgan fingerprint density at radius 1 is 1.47 bits per heavy atom. The first-order chi connectivity index (χ1) is 9.24. The predicted molar refractivity (Wildman–Crippen MR) is 75.6 cm³/mol. The Balaban J connectivity index is 1.76. The lowest BCUT2D eigenvalue weighted by atomic mass is 10.1. The first-order valence-electron chi connectivity index (χ1n) is 6.08. The number of nitrogens with zero attached hydrogens (tertiary/aromatic N) is 3. The maximum atomic E-state index is 12.0. The fourth-order valence-corrected chi connectivity index (χ4v) is 3.29. The molecule has 1 amide bonds. The van der Waals surface area contributed by atoms with Crippen LogP contribution in [0.5, 0.6) is 0 Å². The summed E-state index contributed by atoms with van der Waals surface area (Å²) in [4.78, 5) is 14.1.